The van der Waals surface area contributed by atoms with E-state index in [1.807, 2.05) is 0 Å². The molecule has 0 bridgehead atoms. The summed E-state index contributed by atoms with van der Waals surface area (Å²) in [7, 11) is 0. The molecule has 0 spiro atoms. The van der Waals surface area contributed by atoms with Crippen LogP contribution in [0.5, 0.6) is 11.5 Å². The number of hydrogen-bond donors (Lipinski definition) is 3. The molecule has 0 aliphatic rings. The van der Waals surface area contributed by atoms with Crippen molar-refractivity contribution in [2.24, 2.45) is 5.73 Å². The predicted octanol–water partition coefficient (Wildman–Crippen LogP) is 1.44. The van der Waals surface area contributed by atoms with Crippen LogP contribution >= 0.6 is 0 Å². The van der Waals surface area contributed by atoms with Crippen molar-refractivity contribution in [3.05, 3.63) is 45.8 Å². The first-order chi connectivity index (χ1) is 9.88. The van der Waals surface area contributed by atoms with Gasteiger partial charge in [-0.2, -0.15) is 0 Å². The van der Waals surface area contributed by atoms with Crippen LogP contribution < -0.4 is 11.2 Å². The maximum absolute atomic E-state index is 11.6. The Bertz CT molecular complexity index is 748. The second-order valence-electron chi connectivity index (χ2n) is 4.72. The third kappa shape index (κ3) is 3.22. The molecule has 4 N–H and O–H groups in total. The molecule has 21 heavy (non-hydrogen) atoms. The van der Waals surface area contributed by atoms with Crippen molar-refractivity contribution in [1.82, 2.24) is 0 Å². The van der Waals surface area contributed by atoms with E-state index < -0.39 is 17.1 Å². The molecular formula is C15H15NO5. The van der Waals surface area contributed by atoms with Gasteiger partial charge in [0.05, 0.1) is 5.56 Å². The molecule has 1 heterocycles. The summed E-state index contributed by atoms with van der Waals surface area (Å²) in [5, 5.41) is 19.7. The lowest BCUT2D eigenvalue weighted by Crippen LogP contribution is -2.11. The summed E-state index contributed by atoms with van der Waals surface area (Å²) >= 11 is 0. The molecule has 2 aromatic rings. The smallest absolute Gasteiger partial charge is 0.227 e. The molecule has 0 atom stereocenters. The second-order valence-corrected chi connectivity index (χ2v) is 4.72. The van der Waals surface area contributed by atoms with Crippen molar-refractivity contribution >= 4 is 5.91 Å². The third-order valence-corrected chi connectivity index (χ3v) is 3.01. The maximum Gasteiger partial charge on any atom is 0.227 e. The Morgan fingerprint density at radius 2 is 2.00 bits per heavy atom. The van der Waals surface area contributed by atoms with Gasteiger partial charge in [-0.3, -0.25) is 9.59 Å². The first kappa shape index (κ1) is 14.6. The summed E-state index contributed by atoms with van der Waals surface area (Å²) in [5.41, 5.74) is 5.42. The quantitative estimate of drug-likeness (QED) is 0.788. The average Bonchev–Trinajstić information content (AvgIpc) is 2.42. The standard InChI is InChI=1S/C15H15NO5/c1-8-6-12(18)14(20)15(21-8)10-7-9(2-4-11(10)17)3-5-13(16)19/h2,4,6-7,17,20H,3,5H2,1H3,(H2,16,19). The van der Waals surface area contributed by atoms with Crippen LogP contribution in [0.25, 0.3) is 11.3 Å². The number of carbonyl (C=O) groups is 1. The average molecular weight is 289 g/mol. The van der Waals surface area contributed by atoms with Gasteiger partial charge in [0.15, 0.2) is 5.76 Å². The van der Waals surface area contributed by atoms with Gasteiger partial charge in [-0.05, 0) is 31.0 Å². The van der Waals surface area contributed by atoms with Crippen LogP contribution in [0.4, 0.5) is 0 Å². The van der Waals surface area contributed by atoms with Crippen LogP contribution in [0, 0.1) is 6.92 Å². The Morgan fingerprint density at radius 1 is 1.29 bits per heavy atom. The Balaban J connectivity index is 2.51. The van der Waals surface area contributed by atoms with Crippen molar-refractivity contribution < 1.29 is 19.4 Å². The highest BCUT2D eigenvalue weighted by atomic mass is 16.4. The predicted molar refractivity (Wildman–Crippen MR) is 76.0 cm³/mol. The molecule has 0 unspecified atom stereocenters. The number of aryl methyl sites for hydroxylation is 2. The molecule has 0 aliphatic heterocycles. The van der Waals surface area contributed by atoms with E-state index in [4.69, 9.17) is 10.2 Å². The van der Waals surface area contributed by atoms with E-state index >= 15 is 0 Å². The third-order valence-electron chi connectivity index (χ3n) is 3.01. The molecule has 0 fully saturated rings. The number of aromatic hydroxyl groups is 2. The summed E-state index contributed by atoms with van der Waals surface area (Å²) < 4.78 is 5.33. The van der Waals surface area contributed by atoms with Gasteiger partial charge in [-0.1, -0.05) is 6.07 Å². The van der Waals surface area contributed by atoms with Crippen LogP contribution in [0.15, 0.2) is 33.5 Å². The van der Waals surface area contributed by atoms with Gasteiger partial charge in [-0.15, -0.1) is 0 Å². The summed E-state index contributed by atoms with van der Waals surface area (Å²) in [6.07, 6.45) is 0.549. The van der Waals surface area contributed by atoms with Gasteiger partial charge in [-0.25, -0.2) is 0 Å². The van der Waals surface area contributed by atoms with Crippen LogP contribution in [0.3, 0.4) is 0 Å². The van der Waals surface area contributed by atoms with E-state index in [0.29, 0.717) is 12.2 Å². The minimum absolute atomic E-state index is 0.0987. The molecule has 1 aromatic heterocycles. The van der Waals surface area contributed by atoms with Crippen LogP contribution in [-0.2, 0) is 11.2 Å². The molecular weight excluding hydrogens is 274 g/mol. The van der Waals surface area contributed by atoms with E-state index in [0.717, 1.165) is 11.6 Å². The van der Waals surface area contributed by atoms with Crippen LogP contribution in [0.2, 0.25) is 0 Å². The zero-order valence-corrected chi connectivity index (χ0v) is 11.4. The molecule has 2 rings (SSSR count). The van der Waals surface area contributed by atoms with Gasteiger partial charge in [0.1, 0.15) is 11.5 Å². The monoisotopic (exact) mass is 289 g/mol. The molecule has 1 amide bonds. The number of amides is 1. The minimum Gasteiger partial charge on any atom is -0.507 e. The minimum atomic E-state index is -0.587. The van der Waals surface area contributed by atoms with E-state index in [1.54, 1.807) is 19.1 Å². The molecule has 0 saturated carbocycles. The van der Waals surface area contributed by atoms with E-state index in [2.05, 4.69) is 0 Å². The number of rotatable bonds is 4. The maximum atomic E-state index is 11.6. The highest BCUT2D eigenvalue weighted by molar-refractivity contribution is 5.74. The number of carbonyl (C=O) groups excluding carboxylic acids is 1. The number of nitrogens with two attached hydrogens (primary N) is 1. The van der Waals surface area contributed by atoms with Gasteiger partial charge in [0.2, 0.25) is 17.1 Å². The fraction of sp³-hybridized carbons (Fsp3) is 0.200. The zero-order valence-electron chi connectivity index (χ0n) is 11.4. The highest BCUT2D eigenvalue weighted by Gasteiger charge is 2.16. The van der Waals surface area contributed by atoms with E-state index in [9.17, 15) is 19.8 Å². The fourth-order valence-electron chi connectivity index (χ4n) is 1.97. The molecule has 6 heteroatoms. The largest absolute Gasteiger partial charge is 0.507 e. The lowest BCUT2D eigenvalue weighted by molar-refractivity contribution is -0.117. The SMILES string of the molecule is Cc1cc(=O)c(O)c(-c2cc(CCC(N)=O)ccc2O)o1. The number of phenolic OH excluding ortho intramolecular Hbond substituents is 1. The van der Waals surface area contributed by atoms with Gasteiger partial charge < -0.3 is 20.4 Å². The van der Waals surface area contributed by atoms with E-state index in [1.165, 1.54) is 6.07 Å². The topological polar surface area (TPSA) is 114 Å². The van der Waals surface area contributed by atoms with Crippen molar-refractivity contribution in [2.75, 3.05) is 0 Å². The van der Waals surface area contributed by atoms with Crippen LogP contribution in [-0.4, -0.2) is 16.1 Å². The Kier molecular flexibility index (Phi) is 3.98. The normalized spacial score (nSPS) is 10.5. The molecule has 0 radical (unpaired) electrons. The fourth-order valence-corrected chi connectivity index (χ4v) is 1.97. The zero-order chi connectivity index (χ0) is 15.6. The van der Waals surface area contributed by atoms with Crippen molar-refractivity contribution in [1.29, 1.82) is 0 Å². The first-order valence-electron chi connectivity index (χ1n) is 6.32. The molecule has 0 saturated heterocycles. The molecule has 1 aromatic carbocycles. The summed E-state index contributed by atoms with van der Waals surface area (Å²) in [6.45, 7) is 1.57. The molecule has 0 aliphatic carbocycles. The van der Waals surface area contributed by atoms with Gasteiger partial charge in [0.25, 0.3) is 0 Å². The number of primary amides is 1. The van der Waals surface area contributed by atoms with E-state index in [-0.39, 0.29) is 23.5 Å². The first-order valence-corrected chi connectivity index (χ1v) is 6.32. The number of phenols is 1. The number of benzene rings is 1. The summed E-state index contributed by atoms with van der Waals surface area (Å²) in [4.78, 5) is 22.4. The highest BCUT2D eigenvalue weighted by Crippen LogP contribution is 2.34. The Labute approximate surface area is 120 Å². The second kappa shape index (κ2) is 5.70. The Hall–Kier alpha value is -2.76. The van der Waals surface area contributed by atoms with Crippen molar-refractivity contribution in [3.63, 3.8) is 0 Å². The lowest BCUT2D eigenvalue weighted by atomic mass is 10.0. The van der Waals surface area contributed by atoms with Gasteiger partial charge >= 0.3 is 0 Å². The molecule has 110 valence electrons. The number of hydrogen-bond acceptors (Lipinski definition) is 5. The van der Waals surface area contributed by atoms with Crippen molar-refractivity contribution in [3.8, 4) is 22.8 Å². The van der Waals surface area contributed by atoms with Crippen LogP contribution in [0.1, 0.15) is 17.7 Å². The molecule has 6 nitrogen and oxygen atoms in total. The summed E-state index contributed by atoms with van der Waals surface area (Å²) in [6, 6.07) is 5.75. The van der Waals surface area contributed by atoms with Crippen molar-refractivity contribution in [2.45, 2.75) is 19.8 Å². The lowest BCUT2D eigenvalue weighted by Gasteiger charge is -2.09. The van der Waals surface area contributed by atoms with Gasteiger partial charge in [0, 0.05) is 12.5 Å². The Morgan fingerprint density at radius 3 is 2.67 bits per heavy atom. The summed E-state index contributed by atoms with van der Waals surface area (Å²) in [5.74, 6) is -0.924.